The first-order chi connectivity index (χ1) is 11.6. The van der Waals surface area contributed by atoms with Gasteiger partial charge in [0.25, 0.3) is 5.69 Å². The summed E-state index contributed by atoms with van der Waals surface area (Å²) in [6, 6.07) is 13.4. The number of nitrogens with zero attached hydrogens (tertiary/aromatic N) is 3. The molecule has 1 fully saturated rings. The molecule has 3 aromatic rings. The van der Waals surface area contributed by atoms with Gasteiger partial charge in [-0.1, -0.05) is 40.9 Å². The van der Waals surface area contributed by atoms with Crippen LogP contribution in [-0.2, 0) is 0 Å². The average Bonchev–Trinajstić information content (AvgIpc) is 3.21. The summed E-state index contributed by atoms with van der Waals surface area (Å²) in [5, 5.41) is 11.1. The first-order valence-corrected chi connectivity index (χ1v) is 8.85. The zero-order valence-electron chi connectivity index (χ0n) is 13.0. The van der Waals surface area contributed by atoms with Gasteiger partial charge in [-0.15, -0.1) is 0 Å². The number of benzene rings is 2. The zero-order chi connectivity index (χ0) is 16.7. The van der Waals surface area contributed by atoms with Crippen molar-refractivity contribution in [1.29, 1.82) is 0 Å². The number of rotatable bonds is 3. The van der Waals surface area contributed by atoms with Crippen LogP contribution in [-0.4, -0.2) is 14.5 Å². The Bertz CT molecular complexity index is 912. The summed E-state index contributed by atoms with van der Waals surface area (Å²) >= 11 is 3.46. The molecule has 2 aromatic carbocycles. The van der Waals surface area contributed by atoms with Gasteiger partial charge in [0.2, 0.25) is 0 Å². The van der Waals surface area contributed by atoms with Crippen LogP contribution in [0.15, 0.2) is 46.9 Å². The Hall–Kier alpha value is -2.21. The zero-order valence-corrected chi connectivity index (χ0v) is 14.6. The SMILES string of the molecule is O=[N+]([O-])c1ccc2c(c1)nc(-c1ccc(Br)cc1)n2C1CCCC1. The van der Waals surface area contributed by atoms with E-state index in [-0.39, 0.29) is 10.6 Å². The lowest BCUT2D eigenvalue weighted by molar-refractivity contribution is -0.384. The van der Waals surface area contributed by atoms with Crippen LogP contribution >= 0.6 is 15.9 Å². The molecule has 6 heteroatoms. The van der Waals surface area contributed by atoms with Gasteiger partial charge in [-0.3, -0.25) is 10.1 Å². The first kappa shape index (κ1) is 15.3. The summed E-state index contributed by atoms with van der Waals surface area (Å²) < 4.78 is 3.29. The molecule has 1 heterocycles. The highest BCUT2D eigenvalue weighted by atomic mass is 79.9. The molecule has 5 nitrogen and oxygen atoms in total. The Labute approximate surface area is 147 Å². The Morgan fingerprint density at radius 3 is 2.50 bits per heavy atom. The topological polar surface area (TPSA) is 61.0 Å². The van der Waals surface area contributed by atoms with Gasteiger partial charge in [0.1, 0.15) is 5.82 Å². The van der Waals surface area contributed by atoms with Gasteiger partial charge in [0, 0.05) is 28.2 Å². The number of aromatic nitrogens is 2. The Balaban J connectivity index is 1.94. The molecule has 0 bridgehead atoms. The summed E-state index contributed by atoms with van der Waals surface area (Å²) in [6.07, 6.45) is 4.70. The number of non-ortho nitro benzene ring substituents is 1. The highest BCUT2D eigenvalue weighted by molar-refractivity contribution is 9.10. The van der Waals surface area contributed by atoms with Gasteiger partial charge in [-0.2, -0.15) is 0 Å². The lowest BCUT2D eigenvalue weighted by atomic mass is 10.1. The molecule has 1 aromatic heterocycles. The average molecular weight is 386 g/mol. The Kier molecular flexibility index (Phi) is 3.84. The predicted octanol–water partition coefficient (Wildman–Crippen LogP) is 5.49. The highest BCUT2D eigenvalue weighted by Crippen LogP contribution is 2.37. The summed E-state index contributed by atoms with van der Waals surface area (Å²) in [7, 11) is 0. The van der Waals surface area contributed by atoms with E-state index < -0.39 is 0 Å². The summed E-state index contributed by atoms with van der Waals surface area (Å²) in [5.74, 6) is 0.893. The van der Waals surface area contributed by atoms with Gasteiger partial charge in [-0.25, -0.2) is 4.98 Å². The standard InChI is InChI=1S/C18H16BrN3O2/c19-13-7-5-12(6-8-13)18-20-16-11-15(22(23)24)9-10-17(16)21(18)14-3-1-2-4-14/h5-11,14H,1-4H2. The maximum Gasteiger partial charge on any atom is 0.271 e. The number of nitro benzene ring substituents is 1. The minimum atomic E-state index is -0.368. The molecule has 4 rings (SSSR count). The van der Waals surface area contributed by atoms with E-state index in [2.05, 4.69) is 20.5 Å². The van der Waals surface area contributed by atoms with Gasteiger partial charge in [0.15, 0.2) is 0 Å². The molecule has 0 unspecified atom stereocenters. The molecule has 1 aliphatic rings. The van der Waals surface area contributed by atoms with Crippen LogP contribution < -0.4 is 0 Å². The fraction of sp³-hybridized carbons (Fsp3) is 0.278. The summed E-state index contributed by atoms with van der Waals surface area (Å²) in [4.78, 5) is 15.4. The number of hydrogen-bond donors (Lipinski definition) is 0. The van der Waals surface area contributed by atoms with Crippen molar-refractivity contribution in [2.45, 2.75) is 31.7 Å². The molecular formula is C18H16BrN3O2. The quantitative estimate of drug-likeness (QED) is 0.442. The third kappa shape index (κ3) is 2.60. The maximum absolute atomic E-state index is 11.1. The van der Waals surface area contributed by atoms with E-state index in [1.807, 2.05) is 30.3 Å². The molecule has 24 heavy (non-hydrogen) atoms. The number of halogens is 1. The van der Waals surface area contributed by atoms with E-state index >= 15 is 0 Å². The van der Waals surface area contributed by atoms with Crippen molar-refractivity contribution < 1.29 is 4.92 Å². The minimum Gasteiger partial charge on any atom is -0.321 e. The van der Waals surface area contributed by atoms with Gasteiger partial charge < -0.3 is 4.57 Å². The summed E-state index contributed by atoms with van der Waals surface area (Å²) in [5.41, 5.74) is 2.78. The smallest absolute Gasteiger partial charge is 0.271 e. The van der Waals surface area contributed by atoms with Crippen molar-refractivity contribution in [3.8, 4) is 11.4 Å². The molecule has 0 N–H and O–H groups in total. The van der Waals surface area contributed by atoms with E-state index in [0.717, 1.165) is 34.2 Å². The fourth-order valence-corrected chi connectivity index (χ4v) is 3.80. The number of nitro groups is 1. The number of hydrogen-bond acceptors (Lipinski definition) is 3. The van der Waals surface area contributed by atoms with Crippen LogP contribution in [0.4, 0.5) is 5.69 Å². The molecule has 0 amide bonds. The van der Waals surface area contributed by atoms with E-state index in [1.165, 1.54) is 12.8 Å². The minimum absolute atomic E-state index is 0.0842. The van der Waals surface area contributed by atoms with Crippen molar-refractivity contribution in [3.63, 3.8) is 0 Å². The van der Waals surface area contributed by atoms with Crippen molar-refractivity contribution in [2.75, 3.05) is 0 Å². The van der Waals surface area contributed by atoms with Crippen molar-refractivity contribution >= 4 is 32.7 Å². The van der Waals surface area contributed by atoms with Crippen molar-refractivity contribution in [1.82, 2.24) is 9.55 Å². The molecule has 0 aliphatic heterocycles. The number of fused-ring (bicyclic) bond motifs is 1. The second kappa shape index (κ2) is 6.02. The molecule has 0 radical (unpaired) electrons. The van der Waals surface area contributed by atoms with Crippen LogP contribution in [0.3, 0.4) is 0 Å². The second-order valence-corrected chi connectivity index (χ2v) is 7.10. The van der Waals surface area contributed by atoms with Gasteiger partial charge in [-0.05, 0) is 31.0 Å². The lowest BCUT2D eigenvalue weighted by Gasteiger charge is -2.16. The third-order valence-corrected chi connectivity index (χ3v) is 5.20. The Morgan fingerprint density at radius 2 is 1.83 bits per heavy atom. The molecule has 1 aliphatic carbocycles. The highest BCUT2D eigenvalue weighted by Gasteiger charge is 2.24. The van der Waals surface area contributed by atoms with Gasteiger partial charge >= 0.3 is 0 Å². The number of imidazole rings is 1. The third-order valence-electron chi connectivity index (χ3n) is 4.68. The van der Waals surface area contributed by atoms with E-state index in [0.29, 0.717) is 11.6 Å². The van der Waals surface area contributed by atoms with E-state index in [1.54, 1.807) is 12.1 Å². The molecule has 0 atom stereocenters. The molecule has 1 saturated carbocycles. The van der Waals surface area contributed by atoms with E-state index in [9.17, 15) is 10.1 Å². The van der Waals surface area contributed by atoms with Gasteiger partial charge in [0.05, 0.1) is 16.0 Å². The lowest BCUT2D eigenvalue weighted by Crippen LogP contribution is -2.06. The molecular weight excluding hydrogens is 370 g/mol. The van der Waals surface area contributed by atoms with Crippen LogP contribution in [0.5, 0.6) is 0 Å². The summed E-state index contributed by atoms with van der Waals surface area (Å²) in [6.45, 7) is 0. The monoisotopic (exact) mass is 385 g/mol. The normalized spacial score (nSPS) is 15.2. The first-order valence-electron chi connectivity index (χ1n) is 8.06. The predicted molar refractivity (Wildman–Crippen MR) is 97.0 cm³/mol. The van der Waals surface area contributed by atoms with Crippen LogP contribution in [0.2, 0.25) is 0 Å². The largest absolute Gasteiger partial charge is 0.321 e. The van der Waals surface area contributed by atoms with Crippen LogP contribution in [0.25, 0.3) is 22.4 Å². The molecule has 122 valence electrons. The Morgan fingerprint density at radius 1 is 1.12 bits per heavy atom. The van der Waals surface area contributed by atoms with Crippen LogP contribution in [0, 0.1) is 10.1 Å². The van der Waals surface area contributed by atoms with Crippen molar-refractivity contribution in [2.24, 2.45) is 0 Å². The van der Waals surface area contributed by atoms with Crippen LogP contribution in [0.1, 0.15) is 31.7 Å². The molecule has 0 spiro atoms. The van der Waals surface area contributed by atoms with Crippen molar-refractivity contribution in [3.05, 3.63) is 57.1 Å². The fourth-order valence-electron chi connectivity index (χ4n) is 3.54. The second-order valence-electron chi connectivity index (χ2n) is 6.18. The molecule has 0 saturated heterocycles. The maximum atomic E-state index is 11.1. The van der Waals surface area contributed by atoms with E-state index in [4.69, 9.17) is 4.98 Å².